The molecule has 0 atom stereocenters. The van der Waals surface area contributed by atoms with Crippen LogP contribution in [-0.4, -0.2) is 57.6 Å². The molecule has 1 aromatic carbocycles. The number of para-hydroxylation sites is 1. The quantitative estimate of drug-likeness (QED) is 0.892. The highest BCUT2D eigenvalue weighted by molar-refractivity contribution is 5.77. The molecule has 1 amide bonds. The maximum atomic E-state index is 12.2. The Morgan fingerprint density at radius 1 is 1.23 bits per heavy atom. The van der Waals surface area contributed by atoms with Gasteiger partial charge in [0.25, 0.3) is 0 Å². The van der Waals surface area contributed by atoms with E-state index in [0.717, 1.165) is 57.4 Å². The van der Waals surface area contributed by atoms with Crippen LogP contribution >= 0.6 is 0 Å². The smallest absolute Gasteiger partial charge is 0.222 e. The monoisotopic (exact) mass is 354 g/mol. The molecule has 26 heavy (non-hydrogen) atoms. The highest BCUT2D eigenvalue weighted by Gasteiger charge is 2.46. The molecular weight excluding hydrogens is 328 g/mol. The third-order valence-corrected chi connectivity index (χ3v) is 5.80. The van der Waals surface area contributed by atoms with Crippen molar-refractivity contribution in [2.45, 2.75) is 39.0 Å². The number of likely N-dealkylation sites (tertiary alicyclic amines) is 1. The van der Waals surface area contributed by atoms with E-state index in [1.54, 1.807) is 0 Å². The Bertz CT molecular complexity index is 743. The molecule has 1 N–H and O–H groups in total. The molecule has 0 aliphatic carbocycles. The first-order valence-corrected chi connectivity index (χ1v) is 9.56. The molecule has 138 valence electrons. The zero-order valence-electron chi connectivity index (χ0n) is 15.3. The number of aromatic nitrogens is 4. The number of nitrogens with zero attached hydrogens (tertiary/aromatic N) is 5. The van der Waals surface area contributed by atoms with Gasteiger partial charge >= 0.3 is 0 Å². The second kappa shape index (κ2) is 7.05. The number of hydrogen-bond acceptors (Lipinski definition) is 5. The van der Waals surface area contributed by atoms with Crippen LogP contribution in [-0.2, 0) is 4.79 Å². The number of amides is 1. The molecule has 2 saturated heterocycles. The van der Waals surface area contributed by atoms with Crippen LogP contribution in [0.4, 0.5) is 5.69 Å². The van der Waals surface area contributed by atoms with Crippen LogP contribution in [0.2, 0.25) is 0 Å². The third-order valence-electron chi connectivity index (χ3n) is 5.80. The number of carbonyl (C=O) groups excluding carboxylic acids is 1. The number of anilines is 1. The summed E-state index contributed by atoms with van der Waals surface area (Å²) in [5.41, 5.74) is 2.51. The lowest BCUT2D eigenvalue weighted by Crippen LogP contribution is -2.61. The number of H-pyrrole nitrogens is 1. The van der Waals surface area contributed by atoms with Gasteiger partial charge in [0.05, 0.1) is 0 Å². The van der Waals surface area contributed by atoms with E-state index >= 15 is 0 Å². The second-order valence-electron chi connectivity index (χ2n) is 7.59. The molecule has 2 aliphatic rings. The first-order valence-electron chi connectivity index (χ1n) is 9.56. The van der Waals surface area contributed by atoms with Crippen LogP contribution < -0.4 is 4.90 Å². The van der Waals surface area contributed by atoms with E-state index in [1.165, 1.54) is 5.69 Å². The average Bonchev–Trinajstić information content (AvgIpc) is 3.19. The van der Waals surface area contributed by atoms with Crippen molar-refractivity contribution in [1.82, 2.24) is 25.5 Å². The van der Waals surface area contributed by atoms with E-state index in [9.17, 15) is 4.79 Å². The minimum absolute atomic E-state index is 0.333. The standard InChI is InChI=1S/C19H26N6O/c1-2-3-8-17(26)25-13-19(14-25)9-11-24(12-10-19)16-7-5-4-6-15(16)18-20-22-23-21-18/h4-7H,2-3,8-14H2,1H3,(H,20,21,22,23). The number of unbranched alkanes of at least 4 members (excludes halogenated alkanes) is 1. The summed E-state index contributed by atoms with van der Waals surface area (Å²) in [5, 5.41) is 14.5. The fraction of sp³-hybridized carbons (Fsp3) is 0.579. The summed E-state index contributed by atoms with van der Waals surface area (Å²) < 4.78 is 0. The molecule has 2 fully saturated rings. The van der Waals surface area contributed by atoms with Crippen molar-refractivity contribution in [3.05, 3.63) is 24.3 Å². The van der Waals surface area contributed by atoms with Gasteiger partial charge < -0.3 is 9.80 Å². The number of rotatable bonds is 5. The zero-order chi connectivity index (χ0) is 18.0. The van der Waals surface area contributed by atoms with Crippen LogP contribution in [0.1, 0.15) is 39.0 Å². The lowest BCUT2D eigenvalue weighted by molar-refractivity contribution is -0.144. The van der Waals surface area contributed by atoms with Gasteiger partial charge in [-0.05, 0) is 36.6 Å². The van der Waals surface area contributed by atoms with Gasteiger partial charge in [0.15, 0.2) is 0 Å². The Labute approximate surface area is 153 Å². The number of benzene rings is 1. The first-order chi connectivity index (χ1) is 12.7. The van der Waals surface area contributed by atoms with E-state index in [-0.39, 0.29) is 0 Å². The number of aromatic amines is 1. The van der Waals surface area contributed by atoms with Gasteiger partial charge in [-0.2, -0.15) is 5.21 Å². The molecule has 2 aliphatic heterocycles. The van der Waals surface area contributed by atoms with E-state index in [1.807, 2.05) is 12.1 Å². The minimum atomic E-state index is 0.333. The minimum Gasteiger partial charge on any atom is -0.371 e. The normalized spacial score (nSPS) is 18.8. The topological polar surface area (TPSA) is 78.0 Å². The Kier molecular flexibility index (Phi) is 4.61. The SMILES string of the molecule is CCCCC(=O)N1CC2(CCN(c3ccccc3-c3nn[nH]n3)CC2)C1. The van der Waals surface area contributed by atoms with Gasteiger partial charge in [-0.25, -0.2) is 0 Å². The number of carbonyl (C=O) groups is 1. The summed E-state index contributed by atoms with van der Waals surface area (Å²) in [6, 6.07) is 8.24. The highest BCUT2D eigenvalue weighted by atomic mass is 16.2. The van der Waals surface area contributed by atoms with E-state index in [0.29, 0.717) is 23.6 Å². The van der Waals surface area contributed by atoms with Gasteiger partial charge in [-0.3, -0.25) is 4.79 Å². The summed E-state index contributed by atoms with van der Waals surface area (Å²) in [4.78, 5) is 16.6. The average molecular weight is 354 g/mol. The summed E-state index contributed by atoms with van der Waals surface area (Å²) in [5.74, 6) is 0.972. The van der Waals surface area contributed by atoms with E-state index in [2.05, 4.69) is 49.5 Å². The largest absolute Gasteiger partial charge is 0.371 e. The zero-order valence-corrected chi connectivity index (χ0v) is 15.3. The Morgan fingerprint density at radius 2 is 2.00 bits per heavy atom. The molecule has 2 aromatic rings. The molecule has 1 spiro atoms. The molecule has 0 unspecified atom stereocenters. The van der Waals surface area contributed by atoms with Crippen molar-refractivity contribution in [2.24, 2.45) is 5.41 Å². The predicted octanol–water partition coefficient (Wildman–Crippen LogP) is 2.49. The summed E-state index contributed by atoms with van der Waals surface area (Å²) in [6.45, 7) is 6.02. The highest BCUT2D eigenvalue weighted by Crippen LogP contribution is 2.42. The van der Waals surface area contributed by atoms with Crippen molar-refractivity contribution in [3.63, 3.8) is 0 Å². The van der Waals surface area contributed by atoms with Crippen LogP contribution in [0.5, 0.6) is 0 Å². The fourth-order valence-corrected chi connectivity index (χ4v) is 4.18. The number of hydrogen-bond donors (Lipinski definition) is 1. The number of nitrogens with one attached hydrogen (secondary N) is 1. The van der Waals surface area contributed by atoms with Gasteiger partial charge in [-0.15, -0.1) is 10.2 Å². The van der Waals surface area contributed by atoms with E-state index in [4.69, 9.17) is 0 Å². The predicted molar refractivity (Wildman–Crippen MR) is 99.6 cm³/mol. The van der Waals surface area contributed by atoms with Crippen molar-refractivity contribution in [1.29, 1.82) is 0 Å². The Morgan fingerprint density at radius 3 is 2.69 bits per heavy atom. The van der Waals surface area contributed by atoms with Gasteiger partial charge in [0, 0.05) is 49.3 Å². The maximum Gasteiger partial charge on any atom is 0.222 e. The number of tetrazole rings is 1. The molecule has 7 nitrogen and oxygen atoms in total. The Balaban J connectivity index is 1.38. The van der Waals surface area contributed by atoms with Gasteiger partial charge in [0.2, 0.25) is 11.7 Å². The molecule has 0 bridgehead atoms. The summed E-state index contributed by atoms with van der Waals surface area (Å²) >= 11 is 0. The molecular formula is C19H26N6O. The van der Waals surface area contributed by atoms with Gasteiger partial charge in [-0.1, -0.05) is 25.5 Å². The maximum absolute atomic E-state index is 12.2. The van der Waals surface area contributed by atoms with Crippen molar-refractivity contribution >= 4 is 11.6 Å². The summed E-state index contributed by atoms with van der Waals surface area (Å²) in [6.07, 6.45) is 5.05. The molecule has 0 saturated carbocycles. The lowest BCUT2D eigenvalue weighted by Gasteiger charge is -2.54. The van der Waals surface area contributed by atoms with Crippen LogP contribution in [0.3, 0.4) is 0 Å². The van der Waals surface area contributed by atoms with E-state index < -0.39 is 0 Å². The number of piperidine rings is 1. The third kappa shape index (κ3) is 3.18. The molecule has 3 heterocycles. The molecule has 1 aromatic heterocycles. The van der Waals surface area contributed by atoms with Crippen molar-refractivity contribution < 1.29 is 4.79 Å². The van der Waals surface area contributed by atoms with Crippen LogP contribution in [0.15, 0.2) is 24.3 Å². The molecule has 7 heteroatoms. The Hall–Kier alpha value is -2.44. The summed E-state index contributed by atoms with van der Waals surface area (Å²) in [7, 11) is 0. The van der Waals surface area contributed by atoms with Crippen molar-refractivity contribution in [3.8, 4) is 11.4 Å². The molecule has 0 radical (unpaired) electrons. The van der Waals surface area contributed by atoms with Crippen molar-refractivity contribution in [2.75, 3.05) is 31.1 Å². The van der Waals surface area contributed by atoms with Crippen LogP contribution in [0.25, 0.3) is 11.4 Å². The lowest BCUT2D eigenvalue weighted by atomic mass is 9.71. The fourth-order valence-electron chi connectivity index (χ4n) is 4.18. The van der Waals surface area contributed by atoms with Gasteiger partial charge in [0.1, 0.15) is 0 Å². The second-order valence-corrected chi connectivity index (χ2v) is 7.59. The molecule has 4 rings (SSSR count). The van der Waals surface area contributed by atoms with Crippen LogP contribution in [0, 0.1) is 5.41 Å². The first kappa shape index (κ1) is 17.0.